The highest BCUT2D eigenvalue weighted by Gasteiger charge is 2.48. The number of aromatic nitrogens is 5. The smallest absolute Gasteiger partial charge is 0.201 e. The first-order chi connectivity index (χ1) is 55.9. The molecule has 5 spiro atoms. The van der Waals surface area contributed by atoms with Crippen LogP contribution in [0.2, 0.25) is 0 Å². The van der Waals surface area contributed by atoms with Crippen LogP contribution < -0.4 is 22.8 Å². The van der Waals surface area contributed by atoms with Crippen molar-refractivity contribution in [1.29, 1.82) is 0 Å². The number of pyridine rings is 5. The van der Waals surface area contributed by atoms with E-state index in [0.29, 0.717) is 27.1 Å². The zero-order chi connectivity index (χ0) is 79.1. The minimum absolute atomic E-state index is 0.463. The van der Waals surface area contributed by atoms with Crippen molar-refractivity contribution in [3.63, 3.8) is 0 Å². The van der Waals surface area contributed by atoms with Gasteiger partial charge < -0.3 is 0 Å². The number of fused-ring (bicyclic) bond motifs is 8. The fourth-order valence-corrected chi connectivity index (χ4v) is 24.8. The number of benzene rings is 6. The van der Waals surface area contributed by atoms with Gasteiger partial charge in [-0.05, 0) is 288 Å². The lowest BCUT2D eigenvalue weighted by Crippen LogP contribution is -2.36. The van der Waals surface area contributed by atoms with Gasteiger partial charge in [0.15, 0.2) is 31.0 Å². The molecule has 592 valence electrons. The van der Waals surface area contributed by atoms with Crippen molar-refractivity contribution in [3.05, 3.63) is 290 Å². The Morgan fingerprint density at radius 1 is 0.252 bits per heavy atom. The van der Waals surface area contributed by atoms with E-state index in [1.807, 2.05) is 0 Å². The lowest BCUT2D eigenvalue weighted by atomic mass is 9.69. The largest absolute Gasteiger partial charge is 0.216 e. The third kappa shape index (κ3) is 15.5. The van der Waals surface area contributed by atoms with E-state index in [1.165, 1.54) is 314 Å². The number of aryl methyl sites for hydroxylation is 12. The molecule has 10 aliphatic rings. The van der Waals surface area contributed by atoms with Crippen molar-refractivity contribution in [3.8, 4) is 67.4 Å². The maximum atomic E-state index is 2.52. The van der Waals surface area contributed by atoms with Crippen LogP contribution in [0.5, 0.6) is 0 Å². The summed E-state index contributed by atoms with van der Waals surface area (Å²) in [5.74, 6) is 0. The van der Waals surface area contributed by atoms with Gasteiger partial charge in [-0.2, -0.15) is 0 Å². The summed E-state index contributed by atoms with van der Waals surface area (Å²) in [5, 5.41) is 0. The third-order valence-electron chi connectivity index (χ3n) is 31.0. The summed E-state index contributed by atoms with van der Waals surface area (Å²) < 4.78 is 11.6. The molecule has 5 heteroatoms. The van der Waals surface area contributed by atoms with Crippen LogP contribution in [-0.2, 0) is 96.4 Å². The highest BCUT2D eigenvalue weighted by Crippen LogP contribution is 2.55. The van der Waals surface area contributed by atoms with E-state index in [1.54, 1.807) is 55.6 Å². The average molecular weight is 1520 g/mol. The van der Waals surface area contributed by atoms with Crippen molar-refractivity contribution >= 4 is 0 Å². The Labute approximate surface area is 691 Å². The molecular weight excluding hydrogens is 1390 g/mol. The molecule has 0 amide bonds. The predicted octanol–water partition coefficient (Wildman–Crippen LogP) is 24.3. The number of nitrogens with zero attached hydrogens (tertiary/aromatic N) is 5. The van der Waals surface area contributed by atoms with Crippen LogP contribution in [0.1, 0.15) is 257 Å². The molecule has 0 radical (unpaired) electrons. The highest BCUT2D eigenvalue weighted by atomic mass is 14.9. The van der Waals surface area contributed by atoms with Crippen LogP contribution in [0.25, 0.3) is 67.4 Å². The van der Waals surface area contributed by atoms with Crippen molar-refractivity contribution in [2.45, 2.75) is 269 Å². The second-order valence-corrected chi connectivity index (χ2v) is 38.3. The van der Waals surface area contributed by atoms with E-state index in [0.717, 1.165) is 0 Å². The summed E-state index contributed by atoms with van der Waals surface area (Å²) in [5.41, 5.74) is 42.4. The first kappa shape index (κ1) is 78.6. The van der Waals surface area contributed by atoms with E-state index in [2.05, 4.69) is 300 Å². The zero-order valence-corrected chi connectivity index (χ0v) is 71.9. The molecule has 21 rings (SSSR count). The fraction of sp³-hybridized carbons (Fsp3) is 0.445. The quantitative estimate of drug-likeness (QED) is 0.148. The topological polar surface area (TPSA) is 19.4 Å². The zero-order valence-electron chi connectivity index (χ0n) is 71.9. The molecule has 6 aromatic carbocycles. The molecule has 0 bridgehead atoms. The van der Waals surface area contributed by atoms with Gasteiger partial charge >= 0.3 is 0 Å². The third-order valence-corrected chi connectivity index (χ3v) is 31.0. The molecule has 0 aliphatic heterocycles. The Kier molecular flexibility index (Phi) is 22.7. The molecule has 5 heterocycles. The molecule has 5 nitrogen and oxygen atoms in total. The Bertz CT molecular complexity index is 5360. The average Bonchev–Trinajstić information content (AvgIpc) is 1.62. The van der Waals surface area contributed by atoms with Gasteiger partial charge in [-0.1, -0.05) is 199 Å². The predicted molar refractivity (Wildman–Crippen MR) is 475 cm³/mol. The Morgan fingerprint density at radius 3 is 1.21 bits per heavy atom. The molecule has 5 aromatic heterocycles. The maximum absolute atomic E-state index is 2.52. The first-order valence-corrected chi connectivity index (χ1v) is 45.4. The van der Waals surface area contributed by atoms with Gasteiger partial charge in [0.2, 0.25) is 28.5 Å². The second-order valence-electron chi connectivity index (χ2n) is 38.3. The van der Waals surface area contributed by atoms with E-state index >= 15 is 0 Å². The van der Waals surface area contributed by atoms with Gasteiger partial charge in [0.25, 0.3) is 0 Å². The fourth-order valence-electron chi connectivity index (χ4n) is 24.8. The van der Waals surface area contributed by atoms with Crippen LogP contribution >= 0.6 is 0 Å². The Balaban J connectivity index is 0.000000104. The van der Waals surface area contributed by atoms with Crippen molar-refractivity contribution in [1.82, 2.24) is 0 Å². The summed E-state index contributed by atoms with van der Waals surface area (Å²) in [4.78, 5) is 0. The van der Waals surface area contributed by atoms with E-state index < -0.39 is 0 Å². The van der Waals surface area contributed by atoms with E-state index in [4.69, 9.17) is 0 Å². The summed E-state index contributed by atoms with van der Waals surface area (Å²) in [6, 6.07) is 65.4. The van der Waals surface area contributed by atoms with Gasteiger partial charge in [0, 0.05) is 91.4 Å². The summed E-state index contributed by atoms with van der Waals surface area (Å²) in [6.45, 7) is 11.1. The maximum Gasteiger partial charge on any atom is 0.216 e. The van der Waals surface area contributed by atoms with Gasteiger partial charge in [-0.15, -0.1) is 0 Å². The summed E-state index contributed by atoms with van der Waals surface area (Å²) in [6.07, 6.45) is 58.7. The number of hydrogen-bond donors (Lipinski definition) is 0. The minimum atomic E-state index is 0.463. The van der Waals surface area contributed by atoms with Crippen molar-refractivity contribution in [2.75, 3.05) is 0 Å². The normalized spacial score (nSPS) is 18.9. The summed E-state index contributed by atoms with van der Waals surface area (Å²) >= 11 is 0. The van der Waals surface area contributed by atoms with Crippen LogP contribution in [-0.4, -0.2) is 0 Å². The Morgan fingerprint density at radius 2 is 0.652 bits per heavy atom. The molecule has 0 N–H and O–H groups in total. The molecule has 11 aromatic rings. The minimum Gasteiger partial charge on any atom is -0.201 e. The first-order valence-electron chi connectivity index (χ1n) is 45.4. The lowest BCUT2D eigenvalue weighted by Gasteiger charge is -2.34. The molecule has 0 saturated heterocycles. The van der Waals surface area contributed by atoms with Crippen LogP contribution in [0.4, 0.5) is 0 Å². The van der Waals surface area contributed by atoms with E-state index in [9.17, 15) is 0 Å². The highest BCUT2D eigenvalue weighted by molar-refractivity contribution is 5.72. The molecule has 5 fully saturated rings. The summed E-state index contributed by atoms with van der Waals surface area (Å²) in [7, 11) is 11.0. The van der Waals surface area contributed by atoms with Gasteiger partial charge in [-0.25, -0.2) is 22.8 Å². The van der Waals surface area contributed by atoms with Crippen molar-refractivity contribution < 1.29 is 22.8 Å². The van der Waals surface area contributed by atoms with Gasteiger partial charge in [0.1, 0.15) is 35.2 Å². The molecule has 0 atom stereocenters. The van der Waals surface area contributed by atoms with Gasteiger partial charge in [-0.3, -0.25) is 0 Å². The van der Waals surface area contributed by atoms with Crippen LogP contribution in [0.15, 0.2) is 207 Å². The molecule has 5 saturated carbocycles. The molecular formula is C110H132N5+5. The Hall–Kier alpha value is -8.93. The molecule has 0 unspecified atom stereocenters. The van der Waals surface area contributed by atoms with Crippen molar-refractivity contribution in [2.24, 2.45) is 46.1 Å². The standard InChI is InChI=1S/C26H28N.4C21H26N/c1-19-7-3-4-8-24(19)25-12-11-22(18-27(25)2)20-9-10-21-16-26(13-5-6-14-26)17-23(21)15-20;1-16-8-4-5-9-18(16)20-19-17(11-15-22(20)2)10-14-21(19)12-6-3-7-13-21;1-16-8-4-5-9-17(16)20-18-10-14-21(12-6-3-7-13-21)19(18)11-15-22(20)2;1-16-8-4-5-9-18(16)20-14-19-17(15-22(20)2)10-13-21(19)11-6-3-7-12-21;1-16-8-4-5-9-18(16)20-19-15-21(11-6-3-7-12-21)14-17(19)10-13-22(20)2/h3-4,7-12,15,18H,5-6,13-14,16-17H2,1-2H3;2*4-5,8-9,11,15H,3,6-7,10,12-14H2,1-2H3;4-5,8-9,14-15H,3,6-7,10-13H2,1-2H3;4-5,8-10,13H,3,6-7,11-12,14-15H2,1-2H3/q5*+1. The van der Waals surface area contributed by atoms with Gasteiger partial charge in [0.05, 0.1) is 0 Å². The molecule has 10 aliphatic carbocycles. The number of hydrogen-bond acceptors (Lipinski definition) is 0. The van der Waals surface area contributed by atoms with E-state index in [-0.39, 0.29) is 0 Å². The molecule has 115 heavy (non-hydrogen) atoms. The number of rotatable bonds is 6. The van der Waals surface area contributed by atoms with Crippen LogP contribution in [0, 0.1) is 45.4 Å². The monoisotopic (exact) mass is 1520 g/mol. The lowest BCUT2D eigenvalue weighted by molar-refractivity contribution is -0.661. The SMILES string of the molecule is Cc1ccccc1-c1c2c(cc[n+]1C)C1(CCCCC1)CC2.Cc1ccccc1-c1c2c(cc[n+]1C)CC1(CCCCC1)C2.Cc1ccccc1-c1c2c(cc[n+]1C)CCC21CCCCC1.Cc1ccccc1-c1cc2c(c[n+]1C)CCC21CCCCC1.Cc1ccccc1-c1ccc(-c2ccc3c(c2)CC2(CCCC2)C3)c[n+]1C. The van der Waals surface area contributed by atoms with Crippen LogP contribution in [0.3, 0.4) is 0 Å². The second kappa shape index (κ2) is 33.2.